The van der Waals surface area contributed by atoms with Gasteiger partial charge >= 0.3 is 37.7 Å². The normalized spacial score (nSPS) is 4.71. The predicted molar refractivity (Wildman–Crippen MR) is 23.7 cm³/mol. The van der Waals surface area contributed by atoms with Gasteiger partial charge in [-0.15, -0.1) is 6.92 Å². The van der Waals surface area contributed by atoms with Gasteiger partial charge in [0.15, 0.2) is 0 Å². The summed E-state index contributed by atoms with van der Waals surface area (Å²) in [7, 11) is 0. The number of rotatable bonds is 1. The van der Waals surface area contributed by atoms with E-state index in [2.05, 4.69) is 6.58 Å². The third kappa shape index (κ3) is 20.4. The average Bonchev–Trinajstić information content (AvgIpc) is 1.38. The summed E-state index contributed by atoms with van der Waals surface area (Å²) in [6.07, 6.45) is 1.47. The van der Waals surface area contributed by atoms with E-state index >= 15 is 0 Å². The minimum absolute atomic E-state index is 0. The largest absolute Gasteiger partial charge is 1.00 e. The van der Waals surface area contributed by atoms with Crippen molar-refractivity contribution in [2.45, 2.75) is 6.92 Å². The molecule has 2 heteroatoms. The molecule has 0 aromatic carbocycles. The Balaban J connectivity index is -0.0000000800. The summed E-state index contributed by atoms with van der Waals surface area (Å²) in [5.74, 6) is 0. The van der Waals surface area contributed by atoms with E-state index in [4.69, 9.17) is 6.58 Å². The van der Waals surface area contributed by atoms with Crippen molar-refractivity contribution in [3.63, 3.8) is 0 Å². The summed E-state index contributed by atoms with van der Waals surface area (Å²) in [5.41, 5.74) is 0.907. The molecule has 0 aliphatic rings. The first-order chi connectivity index (χ1) is 2.27. The molecule has 0 unspecified atom stereocenters. The van der Waals surface area contributed by atoms with E-state index in [1.165, 1.54) is 6.08 Å². The maximum Gasteiger partial charge on any atom is 1.00 e. The van der Waals surface area contributed by atoms with Crippen molar-refractivity contribution in [1.82, 2.24) is 0 Å². The molecule has 0 amide bonds. The van der Waals surface area contributed by atoms with E-state index in [1.807, 2.05) is 6.92 Å². The van der Waals surface area contributed by atoms with Crippen molar-refractivity contribution in [3.8, 4) is 0 Å². The Morgan fingerprint density at radius 3 is 1.71 bits per heavy atom. The molecule has 0 nitrogen and oxygen atoms in total. The number of allylic oxidation sites excluding steroid dienone is 2. The summed E-state index contributed by atoms with van der Waals surface area (Å²) in [6.45, 7) is 10.3. The van der Waals surface area contributed by atoms with Crippen LogP contribution in [0.2, 0.25) is 0 Å². The number of hydrogen-bond donors (Lipinski definition) is 0. The van der Waals surface area contributed by atoms with Crippen LogP contribution in [0.1, 0.15) is 6.92 Å². The Kier molecular flexibility index (Phi) is 22.0. The standard InChI is InChI=1S/C5H7.2Li/c1-4-5(2)3;;/h1,4H,2H2,3H3;;/q-1;2*+1. The Morgan fingerprint density at radius 2 is 1.71 bits per heavy atom. The van der Waals surface area contributed by atoms with Crippen LogP contribution in [-0.4, -0.2) is 0 Å². The predicted octanol–water partition coefficient (Wildman–Crippen LogP) is -4.44. The minimum Gasteiger partial charge on any atom is -0.293 e. The van der Waals surface area contributed by atoms with Crippen molar-refractivity contribution in [1.29, 1.82) is 0 Å². The maximum absolute atomic E-state index is 4.95. The molecule has 0 fully saturated rings. The van der Waals surface area contributed by atoms with Crippen LogP contribution in [0, 0.1) is 6.58 Å². The van der Waals surface area contributed by atoms with Crippen LogP contribution >= 0.6 is 0 Å². The zero-order valence-corrected chi connectivity index (χ0v) is 5.36. The molecule has 0 aliphatic heterocycles. The van der Waals surface area contributed by atoms with Gasteiger partial charge in [-0.3, -0.25) is 6.58 Å². The molecule has 0 spiro atoms. The SMILES string of the molecule is [CH-]=CC(=C)C.[Li+].[Li+]. The van der Waals surface area contributed by atoms with Gasteiger partial charge in [-0.05, 0) is 0 Å². The smallest absolute Gasteiger partial charge is 0.293 e. The monoisotopic (exact) mass is 81.1 g/mol. The van der Waals surface area contributed by atoms with Crippen molar-refractivity contribution in [2.75, 3.05) is 0 Å². The molecular formula is C5H7Li2+. The summed E-state index contributed by atoms with van der Waals surface area (Å²) >= 11 is 0. The van der Waals surface area contributed by atoms with Crippen LogP contribution in [-0.2, 0) is 0 Å². The molecule has 0 radical (unpaired) electrons. The van der Waals surface area contributed by atoms with Gasteiger partial charge in [0.05, 0.1) is 0 Å². The van der Waals surface area contributed by atoms with Crippen molar-refractivity contribution in [3.05, 3.63) is 24.8 Å². The van der Waals surface area contributed by atoms with Gasteiger partial charge in [0.2, 0.25) is 0 Å². The second kappa shape index (κ2) is 9.84. The van der Waals surface area contributed by atoms with Crippen LogP contribution in [0.25, 0.3) is 0 Å². The zero-order valence-electron chi connectivity index (χ0n) is 5.36. The Bertz CT molecular complexity index is 57.1. The van der Waals surface area contributed by atoms with Gasteiger partial charge in [-0.1, -0.05) is 0 Å². The molecule has 0 atom stereocenters. The first kappa shape index (κ1) is 15.6. The number of hydrogen-bond acceptors (Lipinski definition) is 0. The molecule has 0 bridgehead atoms. The van der Waals surface area contributed by atoms with Crippen molar-refractivity contribution >= 4 is 0 Å². The van der Waals surface area contributed by atoms with Gasteiger partial charge in [0, 0.05) is 0 Å². The second-order valence-electron chi connectivity index (χ2n) is 1.01. The quantitative estimate of drug-likeness (QED) is 0.170. The molecule has 7 heavy (non-hydrogen) atoms. The fourth-order valence-electron chi connectivity index (χ4n) is 0. The van der Waals surface area contributed by atoms with E-state index in [9.17, 15) is 0 Å². The first-order valence-electron chi connectivity index (χ1n) is 1.48. The van der Waals surface area contributed by atoms with Gasteiger partial charge in [-0.2, -0.15) is 6.58 Å². The third-order valence-electron chi connectivity index (χ3n) is 0.285. The van der Waals surface area contributed by atoms with E-state index in [-0.39, 0.29) is 37.7 Å². The third-order valence-corrected chi connectivity index (χ3v) is 0.285. The van der Waals surface area contributed by atoms with Gasteiger partial charge in [0.25, 0.3) is 0 Å². The second-order valence-corrected chi connectivity index (χ2v) is 1.01. The summed E-state index contributed by atoms with van der Waals surface area (Å²) in [6, 6.07) is 0. The molecule has 0 N–H and O–H groups in total. The van der Waals surface area contributed by atoms with E-state index in [0.29, 0.717) is 0 Å². The van der Waals surface area contributed by atoms with Crippen molar-refractivity contribution < 1.29 is 37.7 Å². The van der Waals surface area contributed by atoms with Crippen LogP contribution in [0.4, 0.5) is 0 Å². The molecule has 0 aromatic heterocycles. The molecule has 0 saturated heterocycles. The van der Waals surface area contributed by atoms with E-state index < -0.39 is 0 Å². The topological polar surface area (TPSA) is 0 Å². The van der Waals surface area contributed by atoms with Gasteiger partial charge < -0.3 is 0 Å². The van der Waals surface area contributed by atoms with Crippen molar-refractivity contribution in [2.24, 2.45) is 0 Å². The summed E-state index contributed by atoms with van der Waals surface area (Å²) in [4.78, 5) is 0. The maximum atomic E-state index is 4.95. The Morgan fingerprint density at radius 1 is 1.57 bits per heavy atom. The fourth-order valence-corrected chi connectivity index (χ4v) is 0. The fraction of sp³-hybridized carbons (Fsp3) is 0.200. The average molecular weight is 81.0 g/mol. The van der Waals surface area contributed by atoms with E-state index in [1.54, 1.807) is 0 Å². The molecule has 28 valence electrons. The van der Waals surface area contributed by atoms with E-state index in [0.717, 1.165) is 5.57 Å². The Labute approximate surface area is 69.4 Å². The van der Waals surface area contributed by atoms with Crippen LogP contribution < -0.4 is 37.7 Å². The van der Waals surface area contributed by atoms with Gasteiger partial charge in [-0.25, -0.2) is 11.6 Å². The zero-order chi connectivity index (χ0) is 4.28. The van der Waals surface area contributed by atoms with Gasteiger partial charge in [0.1, 0.15) is 0 Å². The summed E-state index contributed by atoms with van der Waals surface area (Å²) < 4.78 is 0. The molecule has 0 heterocycles. The van der Waals surface area contributed by atoms with Crippen LogP contribution in [0.5, 0.6) is 0 Å². The van der Waals surface area contributed by atoms with Crippen LogP contribution in [0.3, 0.4) is 0 Å². The molecule has 0 saturated carbocycles. The molecule has 0 aliphatic carbocycles. The minimum atomic E-state index is 0. The molecular weight excluding hydrogens is 73.9 g/mol. The molecule has 0 rings (SSSR count). The Hall–Kier alpha value is 0.675. The summed E-state index contributed by atoms with van der Waals surface area (Å²) in [5, 5.41) is 0. The first-order valence-corrected chi connectivity index (χ1v) is 1.48. The molecule has 0 aromatic rings. The van der Waals surface area contributed by atoms with Crippen LogP contribution in [0.15, 0.2) is 18.2 Å².